The lowest BCUT2D eigenvalue weighted by Crippen LogP contribution is -2.44. The molecule has 0 aliphatic heterocycles. The predicted octanol–water partition coefficient (Wildman–Crippen LogP) is 2.95. The molecule has 25 heavy (non-hydrogen) atoms. The van der Waals surface area contributed by atoms with E-state index in [1.807, 2.05) is 13.2 Å². The number of thiazole rings is 1. The number of hydrogen-bond donors (Lipinski definition) is 2. The number of aryl methyl sites for hydroxylation is 1. The molecule has 0 unspecified atom stereocenters. The van der Waals surface area contributed by atoms with E-state index in [0.717, 1.165) is 10.6 Å². The van der Waals surface area contributed by atoms with Crippen LogP contribution in [0, 0.1) is 6.92 Å². The van der Waals surface area contributed by atoms with E-state index in [1.165, 1.54) is 18.4 Å². The highest BCUT2D eigenvalue weighted by Gasteiger charge is 2.23. The Morgan fingerprint density at radius 2 is 2.12 bits per heavy atom. The quantitative estimate of drug-likeness (QED) is 0.737. The first-order valence-corrected chi connectivity index (χ1v) is 9.92. The van der Waals surface area contributed by atoms with Crippen LogP contribution in [0.3, 0.4) is 0 Å². The molecular formula is C17H21N3O3S2. The maximum Gasteiger partial charge on any atom is 0.255 e. The number of anilines is 1. The summed E-state index contributed by atoms with van der Waals surface area (Å²) in [5, 5.41) is 6.10. The number of nitrogens with one attached hydrogen (secondary N) is 2. The summed E-state index contributed by atoms with van der Waals surface area (Å²) in [7, 11) is 1.51. The zero-order valence-corrected chi connectivity index (χ0v) is 16.0. The Labute approximate surface area is 155 Å². The van der Waals surface area contributed by atoms with E-state index in [1.54, 1.807) is 42.2 Å². The zero-order valence-electron chi connectivity index (χ0n) is 14.4. The molecule has 0 aliphatic rings. The third-order valence-electron chi connectivity index (χ3n) is 3.44. The molecule has 0 fully saturated rings. The summed E-state index contributed by atoms with van der Waals surface area (Å²) in [6.07, 6.45) is 4.18. The number of hydrogen-bond acceptors (Lipinski definition) is 6. The molecule has 2 amide bonds. The lowest BCUT2D eigenvalue weighted by Gasteiger charge is -2.18. The molecule has 0 aliphatic carbocycles. The van der Waals surface area contributed by atoms with Gasteiger partial charge in [-0.1, -0.05) is 12.1 Å². The van der Waals surface area contributed by atoms with E-state index in [4.69, 9.17) is 4.74 Å². The summed E-state index contributed by atoms with van der Waals surface area (Å²) in [5.41, 5.74) is 0.400. The molecule has 0 bridgehead atoms. The summed E-state index contributed by atoms with van der Waals surface area (Å²) in [6.45, 7) is 1.92. The van der Waals surface area contributed by atoms with Crippen molar-refractivity contribution < 1.29 is 14.3 Å². The number of carbonyl (C=O) groups excluding carboxylic acids is 2. The van der Waals surface area contributed by atoms with Gasteiger partial charge in [-0.2, -0.15) is 11.8 Å². The van der Waals surface area contributed by atoms with Gasteiger partial charge in [0.15, 0.2) is 5.13 Å². The number of thioether (sulfide) groups is 1. The van der Waals surface area contributed by atoms with Crippen LogP contribution in [-0.4, -0.2) is 42.0 Å². The van der Waals surface area contributed by atoms with Crippen molar-refractivity contribution in [2.24, 2.45) is 0 Å². The Morgan fingerprint density at radius 1 is 1.36 bits per heavy atom. The standard InChI is InChI=1S/C17H21N3O3S2/c1-11-10-18-17(25-11)20-16(22)13(8-9-24-3)19-15(21)12-6-4-5-7-14(12)23-2/h4-7,10,13H,8-9H2,1-3H3,(H,19,21)(H,18,20,22)/t13-/m0/s1. The SMILES string of the molecule is COc1ccccc1C(=O)N[C@@H](CCSC)C(=O)Nc1ncc(C)s1. The van der Waals surface area contributed by atoms with Crippen LogP contribution in [0.5, 0.6) is 5.75 Å². The monoisotopic (exact) mass is 379 g/mol. The number of aromatic nitrogens is 1. The van der Waals surface area contributed by atoms with Gasteiger partial charge in [0.25, 0.3) is 5.91 Å². The van der Waals surface area contributed by atoms with Gasteiger partial charge in [0.05, 0.1) is 12.7 Å². The van der Waals surface area contributed by atoms with Crippen molar-refractivity contribution in [3.63, 3.8) is 0 Å². The Balaban J connectivity index is 2.10. The highest BCUT2D eigenvalue weighted by Crippen LogP contribution is 2.19. The second-order valence-electron chi connectivity index (χ2n) is 5.27. The summed E-state index contributed by atoms with van der Waals surface area (Å²) >= 11 is 3.02. The molecule has 2 rings (SSSR count). The highest BCUT2D eigenvalue weighted by atomic mass is 32.2. The van der Waals surface area contributed by atoms with Crippen LogP contribution < -0.4 is 15.4 Å². The van der Waals surface area contributed by atoms with E-state index in [2.05, 4.69) is 15.6 Å². The van der Waals surface area contributed by atoms with Crippen LogP contribution in [0.1, 0.15) is 21.7 Å². The van der Waals surface area contributed by atoms with Crippen LogP contribution >= 0.6 is 23.1 Å². The first-order valence-electron chi connectivity index (χ1n) is 7.71. The first kappa shape index (κ1) is 19.3. The number of carbonyl (C=O) groups is 2. The summed E-state index contributed by atoms with van der Waals surface area (Å²) in [5.74, 6) is 0.613. The third kappa shape index (κ3) is 5.47. The average Bonchev–Trinajstić information content (AvgIpc) is 3.02. The van der Waals surface area contributed by atoms with E-state index in [9.17, 15) is 9.59 Å². The third-order valence-corrected chi connectivity index (χ3v) is 4.91. The number of nitrogens with zero attached hydrogens (tertiary/aromatic N) is 1. The van der Waals surface area contributed by atoms with Crippen molar-refractivity contribution in [1.82, 2.24) is 10.3 Å². The minimum atomic E-state index is -0.644. The van der Waals surface area contributed by atoms with E-state index < -0.39 is 6.04 Å². The molecular weight excluding hydrogens is 358 g/mol. The number of rotatable bonds is 8. The fourth-order valence-corrected chi connectivity index (χ4v) is 3.32. The molecule has 6 nitrogen and oxygen atoms in total. The van der Waals surface area contributed by atoms with Crippen LogP contribution in [0.4, 0.5) is 5.13 Å². The Bertz CT molecular complexity index is 733. The van der Waals surface area contributed by atoms with Gasteiger partial charge in [-0.3, -0.25) is 9.59 Å². The molecule has 1 atom stereocenters. The summed E-state index contributed by atoms with van der Waals surface area (Å²) in [6, 6.07) is 6.28. The van der Waals surface area contributed by atoms with Crippen molar-refractivity contribution in [3.8, 4) is 5.75 Å². The smallest absolute Gasteiger partial charge is 0.255 e. The average molecular weight is 380 g/mol. The van der Waals surface area contributed by atoms with Crippen LogP contribution in [-0.2, 0) is 4.79 Å². The Hall–Kier alpha value is -2.06. The summed E-state index contributed by atoms with van der Waals surface area (Å²) in [4.78, 5) is 30.3. The molecule has 0 spiro atoms. The molecule has 8 heteroatoms. The summed E-state index contributed by atoms with van der Waals surface area (Å²) < 4.78 is 5.21. The lowest BCUT2D eigenvalue weighted by atomic mass is 10.1. The van der Waals surface area contributed by atoms with Crippen LogP contribution in [0.2, 0.25) is 0 Å². The minimum absolute atomic E-state index is 0.272. The van der Waals surface area contributed by atoms with Gasteiger partial charge in [0.1, 0.15) is 11.8 Å². The topological polar surface area (TPSA) is 80.3 Å². The molecule has 134 valence electrons. The van der Waals surface area contributed by atoms with Gasteiger partial charge in [-0.25, -0.2) is 4.98 Å². The van der Waals surface area contributed by atoms with Crippen molar-refractivity contribution in [1.29, 1.82) is 0 Å². The zero-order chi connectivity index (χ0) is 18.2. The maximum atomic E-state index is 12.6. The molecule has 1 heterocycles. The fourth-order valence-electron chi connectivity index (χ4n) is 2.18. The van der Waals surface area contributed by atoms with Crippen molar-refractivity contribution in [2.75, 3.05) is 24.4 Å². The Morgan fingerprint density at radius 3 is 2.76 bits per heavy atom. The second kappa shape index (κ2) is 9.43. The molecule has 0 saturated heterocycles. The van der Waals surface area contributed by atoms with Crippen molar-refractivity contribution >= 4 is 40.0 Å². The van der Waals surface area contributed by atoms with E-state index in [0.29, 0.717) is 22.9 Å². The fraction of sp³-hybridized carbons (Fsp3) is 0.353. The molecule has 1 aromatic carbocycles. The molecule has 2 aromatic rings. The van der Waals surface area contributed by atoms with Gasteiger partial charge >= 0.3 is 0 Å². The molecule has 2 N–H and O–H groups in total. The normalized spacial score (nSPS) is 11.6. The number of para-hydroxylation sites is 1. The number of benzene rings is 1. The first-order chi connectivity index (χ1) is 12.0. The van der Waals surface area contributed by atoms with E-state index in [-0.39, 0.29) is 11.8 Å². The maximum absolute atomic E-state index is 12.6. The van der Waals surface area contributed by atoms with Gasteiger partial charge < -0.3 is 15.4 Å². The number of ether oxygens (including phenoxy) is 1. The van der Waals surface area contributed by atoms with Crippen LogP contribution in [0.25, 0.3) is 0 Å². The van der Waals surface area contributed by atoms with Gasteiger partial charge in [-0.05, 0) is 37.5 Å². The van der Waals surface area contributed by atoms with Crippen molar-refractivity contribution in [2.45, 2.75) is 19.4 Å². The molecule has 0 saturated carbocycles. The van der Waals surface area contributed by atoms with Gasteiger partial charge in [0, 0.05) is 11.1 Å². The van der Waals surface area contributed by atoms with Gasteiger partial charge in [-0.15, -0.1) is 11.3 Å². The van der Waals surface area contributed by atoms with Gasteiger partial charge in [0.2, 0.25) is 5.91 Å². The molecule has 1 aromatic heterocycles. The predicted molar refractivity (Wildman–Crippen MR) is 103 cm³/mol. The number of amides is 2. The number of methoxy groups -OCH3 is 1. The van der Waals surface area contributed by atoms with Crippen LogP contribution in [0.15, 0.2) is 30.5 Å². The second-order valence-corrected chi connectivity index (χ2v) is 7.49. The minimum Gasteiger partial charge on any atom is -0.496 e. The lowest BCUT2D eigenvalue weighted by molar-refractivity contribution is -0.118. The highest BCUT2D eigenvalue weighted by molar-refractivity contribution is 7.98. The Kier molecular flexibility index (Phi) is 7.27. The van der Waals surface area contributed by atoms with Crippen molar-refractivity contribution in [3.05, 3.63) is 40.9 Å². The largest absolute Gasteiger partial charge is 0.496 e. The molecule has 0 radical (unpaired) electrons. The van der Waals surface area contributed by atoms with E-state index >= 15 is 0 Å².